The van der Waals surface area contributed by atoms with E-state index in [1.807, 2.05) is 7.05 Å². The van der Waals surface area contributed by atoms with Gasteiger partial charge in [0.1, 0.15) is 0 Å². The molecule has 100 valence electrons. The van der Waals surface area contributed by atoms with Crippen LogP contribution < -0.4 is 5.32 Å². The first-order valence-corrected chi connectivity index (χ1v) is 7.14. The van der Waals surface area contributed by atoms with Crippen molar-refractivity contribution in [2.24, 2.45) is 5.92 Å². The van der Waals surface area contributed by atoms with E-state index in [1.54, 1.807) is 0 Å². The second-order valence-electron chi connectivity index (χ2n) is 5.86. The molecule has 3 nitrogen and oxygen atoms in total. The first-order valence-electron chi connectivity index (χ1n) is 7.14. The van der Waals surface area contributed by atoms with Gasteiger partial charge in [-0.05, 0) is 38.6 Å². The van der Waals surface area contributed by atoms with Crippen LogP contribution in [0.4, 0.5) is 0 Å². The fourth-order valence-electron chi connectivity index (χ4n) is 3.32. The average Bonchev–Trinajstić information content (AvgIpc) is 2.80. The summed E-state index contributed by atoms with van der Waals surface area (Å²) in [4.78, 5) is 0. The Hall–Kier alpha value is -0.120. The van der Waals surface area contributed by atoms with Crippen LogP contribution >= 0.6 is 0 Å². The van der Waals surface area contributed by atoms with E-state index < -0.39 is 0 Å². The highest BCUT2D eigenvalue weighted by atomic mass is 16.5. The molecule has 1 heterocycles. The summed E-state index contributed by atoms with van der Waals surface area (Å²) in [6.07, 6.45) is 7.77. The van der Waals surface area contributed by atoms with E-state index in [9.17, 15) is 0 Å². The van der Waals surface area contributed by atoms with Gasteiger partial charge in [0, 0.05) is 13.2 Å². The Morgan fingerprint density at radius 2 is 2.24 bits per heavy atom. The standard InChI is InChI=1S/C14H27NO2/c1-12-5-3-7-14(9-12,11-15-2)17-10-13-6-4-8-16-13/h12-13,15H,3-11H2,1-2H3. The fourth-order valence-corrected chi connectivity index (χ4v) is 3.32. The molecule has 0 bridgehead atoms. The molecule has 17 heavy (non-hydrogen) atoms. The molecule has 3 unspecified atom stereocenters. The zero-order chi connectivity index (χ0) is 12.1. The molecule has 0 spiro atoms. The first-order chi connectivity index (χ1) is 8.24. The minimum atomic E-state index is 0.0678. The Morgan fingerprint density at radius 1 is 1.35 bits per heavy atom. The SMILES string of the molecule is CNCC1(OCC2CCCO2)CCCC(C)C1. The van der Waals surface area contributed by atoms with Crippen molar-refractivity contribution in [3.63, 3.8) is 0 Å². The highest BCUT2D eigenvalue weighted by molar-refractivity contribution is 4.89. The van der Waals surface area contributed by atoms with Crippen LogP contribution in [0.15, 0.2) is 0 Å². The van der Waals surface area contributed by atoms with Crippen LogP contribution in [0.25, 0.3) is 0 Å². The van der Waals surface area contributed by atoms with Crippen LogP contribution in [0.3, 0.4) is 0 Å². The minimum Gasteiger partial charge on any atom is -0.376 e. The van der Waals surface area contributed by atoms with Gasteiger partial charge in [-0.1, -0.05) is 19.8 Å². The topological polar surface area (TPSA) is 30.5 Å². The highest BCUT2D eigenvalue weighted by Gasteiger charge is 2.36. The summed E-state index contributed by atoms with van der Waals surface area (Å²) >= 11 is 0. The van der Waals surface area contributed by atoms with Crippen LogP contribution in [0, 0.1) is 5.92 Å². The molecule has 2 rings (SSSR count). The molecule has 2 fully saturated rings. The molecule has 1 aliphatic carbocycles. The van der Waals surface area contributed by atoms with Gasteiger partial charge in [-0.15, -0.1) is 0 Å². The molecule has 1 aliphatic heterocycles. The monoisotopic (exact) mass is 241 g/mol. The maximum Gasteiger partial charge on any atom is 0.0810 e. The van der Waals surface area contributed by atoms with E-state index >= 15 is 0 Å². The summed E-state index contributed by atoms with van der Waals surface area (Å²) in [7, 11) is 2.02. The lowest BCUT2D eigenvalue weighted by molar-refractivity contribution is -0.107. The number of ether oxygens (including phenoxy) is 2. The Balaban J connectivity index is 1.86. The van der Waals surface area contributed by atoms with Gasteiger partial charge >= 0.3 is 0 Å². The number of hydrogen-bond donors (Lipinski definition) is 1. The maximum absolute atomic E-state index is 6.28. The van der Waals surface area contributed by atoms with Gasteiger partial charge < -0.3 is 14.8 Å². The van der Waals surface area contributed by atoms with Crippen molar-refractivity contribution in [2.45, 2.75) is 57.2 Å². The quantitative estimate of drug-likeness (QED) is 0.801. The Bertz CT molecular complexity index is 224. The smallest absolute Gasteiger partial charge is 0.0810 e. The van der Waals surface area contributed by atoms with Crippen molar-refractivity contribution in [1.29, 1.82) is 0 Å². The van der Waals surface area contributed by atoms with E-state index in [0.29, 0.717) is 6.10 Å². The van der Waals surface area contributed by atoms with Crippen molar-refractivity contribution < 1.29 is 9.47 Å². The van der Waals surface area contributed by atoms with E-state index in [-0.39, 0.29) is 5.60 Å². The van der Waals surface area contributed by atoms with Crippen LogP contribution in [-0.2, 0) is 9.47 Å². The zero-order valence-corrected chi connectivity index (χ0v) is 11.3. The van der Waals surface area contributed by atoms with Gasteiger partial charge in [0.15, 0.2) is 0 Å². The third-order valence-corrected chi connectivity index (χ3v) is 4.15. The molecule has 0 aromatic carbocycles. The second-order valence-corrected chi connectivity index (χ2v) is 5.86. The summed E-state index contributed by atoms with van der Waals surface area (Å²) in [5.74, 6) is 0.793. The Morgan fingerprint density at radius 3 is 2.88 bits per heavy atom. The molecule has 1 saturated carbocycles. The lowest BCUT2D eigenvalue weighted by Crippen LogP contribution is -2.46. The third kappa shape index (κ3) is 3.67. The van der Waals surface area contributed by atoms with Crippen molar-refractivity contribution in [3.05, 3.63) is 0 Å². The number of rotatable bonds is 5. The van der Waals surface area contributed by atoms with Crippen molar-refractivity contribution in [2.75, 3.05) is 26.8 Å². The Labute approximate surface area is 105 Å². The van der Waals surface area contributed by atoms with Crippen molar-refractivity contribution in [3.8, 4) is 0 Å². The van der Waals surface area contributed by atoms with Crippen LogP contribution in [0.1, 0.15) is 45.4 Å². The van der Waals surface area contributed by atoms with E-state index in [2.05, 4.69) is 12.2 Å². The van der Waals surface area contributed by atoms with Gasteiger partial charge in [0.25, 0.3) is 0 Å². The van der Waals surface area contributed by atoms with E-state index in [0.717, 1.165) is 25.7 Å². The minimum absolute atomic E-state index is 0.0678. The summed E-state index contributed by atoms with van der Waals surface area (Å²) in [6, 6.07) is 0. The molecule has 1 saturated heterocycles. The van der Waals surface area contributed by atoms with E-state index in [1.165, 1.54) is 38.5 Å². The molecule has 0 amide bonds. The zero-order valence-electron chi connectivity index (χ0n) is 11.3. The molecule has 0 aromatic rings. The predicted molar refractivity (Wildman–Crippen MR) is 69.2 cm³/mol. The van der Waals surface area contributed by atoms with Crippen molar-refractivity contribution in [1.82, 2.24) is 5.32 Å². The number of nitrogens with one attached hydrogen (secondary N) is 1. The number of likely N-dealkylation sites (N-methyl/N-ethyl adjacent to an activating group) is 1. The molecule has 0 radical (unpaired) electrons. The largest absolute Gasteiger partial charge is 0.376 e. The lowest BCUT2D eigenvalue weighted by Gasteiger charge is -2.40. The molecule has 1 N–H and O–H groups in total. The fraction of sp³-hybridized carbons (Fsp3) is 1.00. The summed E-state index contributed by atoms with van der Waals surface area (Å²) in [5, 5.41) is 3.31. The van der Waals surface area contributed by atoms with Gasteiger partial charge in [-0.3, -0.25) is 0 Å². The molecule has 0 aromatic heterocycles. The lowest BCUT2D eigenvalue weighted by atomic mass is 9.78. The first kappa shape index (κ1) is 13.3. The number of hydrogen-bond acceptors (Lipinski definition) is 3. The summed E-state index contributed by atoms with van der Waals surface area (Å²) < 4.78 is 11.9. The van der Waals surface area contributed by atoms with Gasteiger partial charge in [0.05, 0.1) is 18.3 Å². The van der Waals surface area contributed by atoms with Gasteiger partial charge in [-0.2, -0.15) is 0 Å². The highest BCUT2D eigenvalue weighted by Crippen LogP contribution is 2.35. The van der Waals surface area contributed by atoms with Gasteiger partial charge in [0.2, 0.25) is 0 Å². The van der Waals surface area contributed by atoms with Crippen LogP contribution in [0.2, 0.25) is 0 Å². The Kier molecular flexibility index (Phi) is 4.83. The van der Waals surface area contributed by atoms with Crippen LogP contribution in [-0.4, -0.2) is 38.5 Å². The molecule has 3 heteroatoms. The average molecular weight is 241 g/mol. The van der Waals surface area contributed by atoms with E-state index in [4.69, 9.17) is 9.47 Å². The maximum atomic E-state index is 6.28. The molecular weight excluding hydrogens is 214 g/mol. The normalized spacial score (nSPS) is 38.5. The third-order valence-electron chi connectivity index (χ3n) is 4.15. The second kappa shape index (κ2) is 6.17. The molecular formula is C14H27NO2. The van der Waals surface area contributed by atoms with Crippen LogP contribution in [0.5, 0.6) is 0 Å². The van der Waals surface area contributed by atoms with Gasteiger partial charge in [-0.25, -0.2) is 0 Å². The predicted octanol–water partition coefficient (Wildman–Crippen LogP) is 2.35. The summed E-state index contributed by atoms with van der Waals surface area (Å²) in [6.45, 7) is 5.03. The molecule has 2 aliphatic rings. The van der Waals surface area contributed by atoms with Crippen molar-refractivity contribution >= 4 is 0 Å². The summed E-state index contributed by atoms with van der Waals surface area (Å²) in [5.41, 5.74) is 0.0678. The molecule has 3 atom stereocenters.